The Hall–Kier alpha value is -2.03. The van der Waals surface area contributed by atoms with Gasteiger partial charge in [-0.15, -0.1) is 0 Å². The molecule has 0 unspecified atom stereocenters. The zero-order valence-electron chi connectivity index (χ0n) is 8.93. The maximum absolute atomic E-state index is 12.2. The Morgan fingerprint density at radius 3 is 1.94 bits per heavy atom. The number of benzene rings is 1. The number of carbonyl (C=O) groups excluding carboxylic acids is 1. The molecular weight excluding hydrogens is 205 g/mol. The molecule has 1 aromatic carbocycles. The lowest BCUT2D eigenvalue weighted by atomic mass is 10.1. The average molecular weight is 217 g/mol. The Morgan fingerprint density at radius 1 is 1.06 bits per heavy atom. The highest BCUT2D eigenvalue weighted by Gasteiger charge is 1.96. The van der Waals surface area contributed by atoms with Crippen LogP contribution in [0.2, 0.25) is 0 Å². The Morgan fingerprint density at radius 2 is 1.62 bits per heavy atom. The lowest BCUT2D eigenvalue weighted by Gasteiger charge is -1.91. The zero-order chi connectivity index (χ0) is 11.8. The van der Waals surface area contributed by atoms with Crippen LogP contribution in [0.15, 0.2) is 54.9 Å². The van der Waals surface area contributed by atoms with Gasteiger partial charge >= 0.3 is 0 Å². The molecule has 0 saturated heterocycles. The van der Waals surface area contributed by atoms with Gasteiger partial charge in [0.05, 0.1) is 0 Å². The second-order valence-corrected chi connectivity index (χ2v) is 3.09. The van der Waals surface area contributed by atoms with Crippen molar-refractivity contribution in [2.24, 2.45) is 0 Å². The normalized spacial score (nSPS) is 8.88. The molecule has 3 heteroatoms. The first-order chi connectivity index (χ1) is 7.70. The molecule has 0 spiro atoms. The second kappa shape index (κ2) is 6.45. The van der Waals surface area contributed by atoms with Crippen molar-refractivity contribution < 1.29 is 9.18 Å². The molecule has 2 nitrogen and oxygen atoms in total. The van der Waals surface area contributed by atoms with Crippen LogP contribution in [0.25, 0.3) is 0 Å². The molecular formula is C13H12FNO. The summed E-state index contributed by atoms with van der Waals surface area (Å²) < 4.78 is 12.2. The van der Waals surface area contributed by atoms with Crippen molar-refractivity contribution in [3.05, 3.63) is 66.2 Å². The third-order valence-electron chi connectivity index (χ3n) is 1.82. The highest BCUT2D eigenvalue weighted by atomic mass is 19.1. The van der Waals surface area contributed by atoms with Crippen molar-refractivity contribution in [2.75, 3.05) is 0 Å². The number of Topliss-reactive ketones (excluding diaryl/α,β-unsaturated/α-hetero) is 1. The van der Waals surface area contributed by atoms with Crippen molar-refractivity contribution in [3.63, 3.8) is 0 Å². The van der Waals surface area contributed by atoms with E-state index in [9.17, 15) is 9.18 Å². The van der Waals surface area contributed by atoms with E-state index in [0.29, 0.717) is 5.56 Å². The minimum atomic E-state index is -0.315. The van der Waals surface area contributed by atoms with Gasteiger partial charge in [-0.1, -0.05) is 6.07 Å². The summed E-state index contributed by atoms with van der Waals surface area (Å²) in [6.07, 6.45) is 3.50. The number of pyridine rings is 1. The van der Waals surface area contributed by atoms with Crippen molar-refractivity contribution in [1.82, 2.24) is 4.98 Å². The molecule has 82 valence electrons. The summed E-state index contributed by atoms with van der Waals surface area (Å²) in [7, 11) is 0. The third-order valence-corrected chi connectivity index (χ3v) is 1.82. The fourth-order valence-corrected chi connectivity index (χ4v) is 0.997. The maximum atomic E-state index is 12.2. The molecule has 0 radical (unpaired) electrons. The predicted molar refractivity (Wildman–Crippen MR) is 60.6 cm³/mol. The Kier molecular flexibility index (Phi) is 4.86. The molecule has 2 rings (SSSR count). The van der Waals surface area contributed by atoms with Crippen LogP contribution < -0.4 is 0 Å². The third kappa shape index (κ3) is 4.46. The number of nitrogens with zero attached hydrogens (tertiary/aromatic N) is 1. The summed E-state index contributed by atoms with van der Waals surface area (Å²) in [5.41, 5.74) is 0.543. The standard InChI is InChI=1S/C8H7FO.C5H5N/c1-6(10)7-2-4-8(9)5-3-7;1-2-4-6-5-3-1/h2-5H,1H3;1-5H. The van der Waals surface area contributed by atoms with E-state index in [1.54, 1.807) is 12.4 Å². The van der Waals surface area contributed by atoms with Gasteiger partial charge in [0.15, 0.2) is 5.78 Å². The van der Waals surface area contributed by atoms with Crippen LogP contribution >= 0.6 is 0 Å². The van der Waals surface area contributed by atoms with E-state index in [2.05, 4.69) is 4.98 Å². The first-order valence-electron chi connectivity index (χ1n) is 4.81. The number of halogens is 1. The number of hydrogen-bond donors (Lipinski definition) is 0. The van der Waals surface area contributed by atoms with E-state index in [4.69, 9.17) is 0 Å². The molecule has 0 N–H and O–H groups in total. The minimum absolute atomic E-state index is 0.0417. The van der Waals surface area contributed by atoms with Crippen molar-refractivity contribution >= 4 is 5.78 Å². The molecule has 0 aliphatic carbocycles. The molecule has 0 atom stereocenters. The van der Waals surface area contributed by atoms with Crippen molar-refractivity contribution in [1.29, 1.82) is 0 Å². The monoisotopic (exact) mass is 217 g/mol. The van der Waals surface area contributed by atoms with Gasteiger partial charge in [0.1, 0.15) is 5.82 Å². The van der Waals surface area contributed by atoms with Crippen LogP contribution in [0, 0.1) is 5.82 Å². The highest BCUT2D eigenvalue weighted by Crippen LogP contribution is 2.02. The predicted octanol–water partition coefficient (Wildman–Crippen LogP) is 3.11. The van der Waals surface area contributed by atoms with E-state index in [1.807, 2.05) is 18.2 Å². The van der Waals surface area contributed by atoms with E-state index in [-0.39, 0.29) is 11.6 Å². The number of aromatic nitrogens is 1. The quantitative estimate of drug-likeness (QED) is 0.687. The average Bonchev–Trinajstić information content (AvgIpc) is 2.32. The first kappa shape index (κ1) is 12.0. The summed E-state index contributed by atoms with van der Waals surface area (Å²) in [6, 6.07) is 11.2. The van der Waals surface area contributed by atoms with Crippen LogP contribution in [0.5, 0.6) is 0 Å². The van der Waals surface area contributed by atoms with Crippen LogP contribution in [0.4, 0.5) is 4.39 Å². The molecule has 0 saturated carbocycles. The zero-order valence-corrected chi connectivity index (χ0v) is 8.93. The SMILES string of the molecule is CC(=O)c1ccc(F)cc1.c1ccncc1. The lowest BCUT2D eigenvalue weighted by Crippen LogP contribution is -1.90. The molecule has 1 aromatic heterocycles. The van der Waals surface area contributed by atoms with Gasteiger partial charge in [-0.05, 0) is 43.3 Å². The summed E-state index contributed by atoms with van der Waals surface area (Å²) in [5.74, 6) is -0.356. The Bertz CT molecular complexity index is 399. The van der Waals surface area contributed by atoms with Gasteiger partial charge < -0.3 is 0 Å². The first-order valence-corrected chi connectivity index (χ1v) is 4.81. The number of carbonyl (C=O) groups is 1. The van der Waals surface area contributed by atoms with Gasteiger partial charge in [0.2, 0.25) is 0 Å². The van der Waals surface area contributed by atoms with E-state index < -0.39 is 0 Å². The second-order valence-electron chi connectivity index (χ2n) is 3.09. The van der Waals surface area contributed by atoms with Gasteiger partial charge in [-0.25, -0.2) is 4.39 Å². The fraction of sp³-hybridized carbons (Fsp3) is 0.0769. The summed E-state index contributed by atoms with van der Waals surface area (Å²) in [4.78, 5) is 14.4. The highest BCUT2D eigenvalue weighted by molar-refractivity contribution is 5.93. The summed E-state index contributed by atoms with van der Waals surface area (Å²) >= 11 is 0. The maximum Gasteiger partial charge on any atom is 0.159 e. The van der Waals surface area contributed by atoms with Crippen LogP contribution in [-0.2, 0) is 0 Å². The Balaban J connectivity index is 0.000000181. The summed E-state index contributed by atoms with van der Waals surface area (Å²) in [6.45, 7) is 1.45. The molecule has 16 heavy (non-hydrogen) atoms. The van der Waals surface area contributed by atoms with E-state index in [1.165, 1.54) is 31.2 Å². The van der Waals surface area contributed by atoms with Crippen molar-refractivity contribution in [2.45, 2.75) is 6.92 Å². The largest absolute Gasteiger partial charge is 0.295 e. The lowest BCUT2D eigenvalue weighted by molar-refractivity contribution is 0.101. The minimum Gasteiger partial charge on any atom is -0.295 e. The van der Waals surface area contributed by atoms with Gasteiger partial charge in [0, 0.05) is 18.0 Å². The molecule has 0 aliphatic heterocycles. The topological polar surface area (TPSA) is 30.0 Å². The van der Waals surface area contributed by atoms with Gasteiger partial charge in [0.25, 0.3) is 0 Å². The molecule has 0 bridgehead atoms. The Labute approximate surface area is 93.8 Å². The van der Waals surface area contributed by atoms with Crippen LogP contribution in [-0.4, -0.2) is 10.8 Å². The van der Waals surface area contributed by atoms with Gasteiger partial charge in [-0.2, -0.15) is 0 Å². The van der Waals surface area contributed by atoms with Crippen molar-refractivity contribution in [3.8, 4) is 0 Å². The number of rotatable bonds is 1. The molecule has 0 fully saturated rings. The molecule has 0 amide bonds. The molecule has 2 aromatic rings. The number of ketones is 1. The van der Waals surface area contributed by atoms with Crippen LogP contribution in [0.1, 0.15) is 17.3 Å². The molecule has 1 heterocycles. The smallest absolute Gasteiger partial charge is 0.159 e. The molecule has 0 aliphatic rings. The van der Waals surface area contributed by atoms with Crippen LogP contribution in [0.3, 0.4) is 0 Å². The van der Waals surface area contributed by atoms with E-state index in [0.717, 1.165) is 0 Å². The fourth-order valence-electron chi connectivity index (χ4n) is 0.997. The number of hydrogen-bond acceptors (Lipinski definition) is 2. The van der Waals surface area contributed by atoms with Gasteiger partial charge in [-0.3, -0.25) is 9.78 Å². The van der Waals surface area contributed by atoms with E-state index >= 15 is 0 Å². The summed E-state index contributed by atoms with van der Waals surface area (Å²) in [5, 5.41) is 0.